The smallest absolute Gasteiger partial charge is 0.133 e. The zero-order valence-electron chi connectivity index (χ0n) is 13.2. The molecule has 1 N–H and O–H groups in total. The molecule has 21 heavy (non-hydrogen) atoms. The number of hydrogen-bond acceptors (Lipinski definition) is 3. The van der Waals surface area contributed by atoms with E-state index >= 15 is 0 Å². The molecule has 0 aromatic heterocycles. The zero-order valence-corrected chi connectivity index (χ0v) is 14.8. The highest BCUT2D eigenvalue weighted by atomic mass is 79.9. The summed E-state index contributed by atoms with van der Waals surface area (Å²) in [6.45, 7) is 9.01. The molecule has 2 rings (SSSR count). The first-order chi connectivity index (χ1) is 10.00. The molecule has 0 bridgehead atoms. The van der Waals surface area contributed by atoms with Crippen LogP contribution in [0.3, 0.4) is 0 Å². The lowest BCUT2D eigenvalue weighted by atomic mass is 10.1. The maximum Gasteiger partial charge on any atom is 0.133 e. The SMILES string of the molecule is CCCNCc1ccc(OCC2CCC(C)(C)O2)c(Br)c1. The van der Waals surface area contributed by atoms with Crippen molar-refractivity contribution in [1.29, 1.82) is 0 Å². The van der Waals surface area contributed by atoms with E-state index in [9.17, 15) is 0 Å². The van der Waals surface area contributed by atoms with Crippen LogP contribution in [-0.2, 0) is 11.3 Å². The van der Waals surface area contributed by atoms with E-state index < -0.39 is 0 Å². The summed E-state index contributed by atoms with van der Waals surface area (Å²) in [7, 11) is 0. The maximum absolute atomic E-state index is 5.95. The van der Waals surface area contributed by atoms with E-state index in [1.165, 1.54) is 5.56 Å². The van der Waals surface area contributed by atoms with E-state index in [4.69, 9.17) is 9.47 Å². The zero-order chi connectivity index (χ0) is 15.3. The molecular weight excluding hydrogens is 330 g/mol. The molecule has 0 spiro atoms. The number of halogens is 1. The number of nitrogens with one attached hydrogen (secondary N) is 1. The lowest BCUT2D eigenvalue weighted by Crippen LogP contribution is -2.24. The van der Waals surface area contributed by atoms with E-state index in [1.54, 1.807) is 0 Å². The van der Waals surface area contributed by atoms with Crippen molar-refractivity contribution >= 4 is 15.9 Å². The Morgan fingerprint density at radius 2 is 2.24 bits per heavy atom. The molecule has 1 atom stereocenters. The summed E-state index contributed by atoms with van der Waals surface area (Å²) in [5.74, 6) is 0.891. The van der Waals surface area contributed by atoms with Crippen LogP contribution in [0, 0.1) is 0 Å². The predicted octanol–water partition coefficient (Wildman–Crippen LogP) is 4.29. The monoisotopic (exact) mass is 355 g/mol. The van der Waals surface area contributed by atoms with Crippen LogP contribution in [0.15, 0.2) is 22.7 Å². The van der Waals surface area contributed by atoms with Crippen molar-refractivity contribution in [2.24, 2.45) is 0 Å². The number of ether oxygens (including phenoxy) is 2. The Balaban J connectivity index is 1.83. The van der Waals surface area contributed by atoms with E-state index in [0.29, 0.717) is 6.61 Å². The molecule has 1 aliphatic heterocycles. The topological polar surface area (TPSA) is 30.5 Å². The van der Waals surface area contributed by atoms with Crippen LogP contribution in [0.2, 0.25) is 0 Å². The molecule has 1 fully saturated rings. The first-order valence-corrected chi connectivity index (χ1v) is 8.59. The second kappa shape index (κ2) is 7.61. The molecule has 1 aromatic carbocycles. The van der Waals surface area contributed by atoms with Gasteiger partial charge in [-0.3, -0.25) is 0 Å². The molecule has 0 amide bonds. The maximum atomic E-state index is 5.95. The normalized spacial score (nSPS) is 20.7. The second-order valence-corrected chi connectivity index (χ2v) is 7.15. The molecule has 118 valence electrons. The third-order valence-corrected chi connectivity index (χ3v) is 4.35. The summed E-state index contributed by atoms with van der Waals surface area (Å²) in [5, 5.41) is 3.40. The summed E-state index contributed by atoms with van der Waals surface area (Å²) in [6, 6.07) is 6.27. The minimum absolute atomic E-state index is 0.0000628. The van der Waals surface area contributed by atoms with Gasteiger partial charge in [0.15, 0.2) is 0 Å². The quantitative estimate of drug-likeness (QED) is 0.740. The lowest BCUT2D eigenvalue weighted by molar-refractivity contribution is -0.0327. The van der Waals surface area contributed by atoms with Crippen molar-refractivity contribution in [2.75, 3.05) is 13.2 Å². The molecule has 0 aliphatic carbocycles. The van der Waals surface area contributed by atoms with Crippen LogP contribution < -0.4 is 10.1 Å². The molecule has 3 nitrogen and oxygen atoms in total. The van der Waals surface area contributed by atoms with Gasteiger partial charge >= 0.3 is 0 Å². The summed E-state index contributed by atoms with van der Waals surface area (Å²) in [6.07, 6.45) is 3.53. The molecular formula is C17H26BrNO2. The van der Waals surface area contributed by atoms with Gasteiger partial charge in [0.25, 0.3) is 0 Å². The van der Waals surface area contributed by atoms with Gasteiger partial charge in [-0.25, -0.2) is 0 Å². The minimum atomic E-state index is 0.0000628. The largest absolute Gasteiger partial charge is 0.490 e. The highest BCUT2D eigenvalue weighted by Gasteiger charge is 2.31. The Morgan fingerprint density at radius 1 is 1.43 bits per heavy atom. The van der Waals surface area contributed by atoms with Crippen molar-refractivity contribution in [2.45, 2.75) is 58.3 Å². The van der Waals surface area contributed by atoms with E-state index in [1.807, 2.05) is 6.07 Å². The lowest BCUT2D eigenvalue weighted by Gasteiger charge is -2.19. The average molecular weight is 356 g/mol. The molecule has 1 aromatic rings. The highest BCUT2D eigenvalue weighted by molar-refractivity contribution is 9.10. The standard InChI is InChI=1S/C17H26BrNO2/c1-4-9-19-11-13-5-6-16(15(18)10-13)20-12-14-7-8-17(2,3)21-14/h5-6,10,14,19H,4,7-9,11-12H2,1-3H3. The predicted molar refractivity (Wildman–Crippen MR) is 89.8 cm³/mol. The molecule has 4 heteroatoms. The van der Waals surface area contributed by atoms with Crippen molar-refractivity contribution in [3.8, 4) is 5.75 Å². The fourth-order valence-corrected chi connectivity index (χ4v) is 3.10. The van der Waals surface area contributed by atoms with Crippen LogP contribution in [-0.4, -0.2) is 24.9 Å². The third-order valence-electron chi connectivity index (χ3n) is 3.73. The van der Waals surface area contributed by atoms with Gasteiger partial charge in [0.05, 0.1) is 16.2 Å². The van der Waals surface area contributed by atoms with Gasteiger partial charge in [-0.1, -0.05) is 13.0 Å². The van der Waals surface area contributed by atoms with Crippen molar-refractivity contribution in [3.63, 3.8) is 0 Å². The van der Waals surface area contributed by atoms with E-state index in [2.05, 4.69) is 54.2 Å². The Labute approximate surface area is 136 Å². The third kappa shape index (κ3) is 5.28. The van der Waals surface area contributed by atoms with Gasteiger partial charge in [0, 0.05) is 6.54 Å². The molecule has 0 saturated carbocycles. The van der Waals surface area contributed by atoms with Gasteiger partial charge in [0.2, 0.25) is 0 Å². The Kier molecular flexibility index (Phi) is 6.08. The van der Waals surface area contributed by atoms with Crippen LogP contribution in [0.25, 0.3) is 0 Å². The van der Waals surface area contributed by atoms with Gasteiger partial charge in [-0.2, -0.15) is 0 Å². The molecule has 1 heterocycles. The van der Waals surface area contributed by atoms with Gasteiger partial charge in [-0.05, 0) is 73.3 Å². The molecule has 1 unspecified atom stereocenters. The van der Waals surface area contributed by atoms with Gasteiger partial charge in [-0.15, -0.1) is 0 Å². The Hall–Kier alpha value is -0.580. The summed E-state index contributed by atoms with van der Waals surface area (Å²) in [5.41, 5.74) is 1.26. The van der Waals surface area contributed by atoms with Crippen LogP contribution >= 0.6 is 15.9 Å². The highest BCUT2D eigenvalue weighted by Crippen LogP contribution is 2.31. The van der Waals surface area contributed by atoms with Crippen molar-refractivity contribution < 1.29 is 9.47 Å². The van der Waals surface area contributed by atoms with Gasteiger partial charge < -0.3 is 14.8 Å². The fraction of sp³-hybridized carbons (Fsp3) is 0.647. The van der Waals surface area contributed by atoms with Gasteiger partial charge in [0.1, 0.15) is 12.4 Å². The summed E-state index contributed by atoms with van der Waals surface area (Å²) < 4.78 is 12.9. The minimum Gasteiger partial charge on any atom is -0.490 e. The van der Waals surface area contributed by atoms with E-state index in [-0.39, 0.29) is 11.7 Å². The average Bonchev–Trinajstić information content (AvgIpc) is 2.78. The van der Waals surface area contributed by atoms with E-state index in [0.717, 1.165) is 42.6 Å². The number of rotatable bonds is 7. The van der Waals surface area contributed by atoms with Crippen molar-refractivity contribution in [3.05, 3.63) is 28.2 Å². The molecule has 1 saturated heterocycles. The van der Waals surface area contributed by atoms with Crippen molar-refractivity contribution in [1.82, 2.24) is 5.32 Å². The van der Waals surface area contributed by atoms with Crippen LogP contribution in [0.4, 0.5) is 0 Å². The summed E-state index contributed by atoms with van der Waals surface area (Å²) >= 11 is 3.59. The molecule has 0 radical (unpaired) electrons. The van der Waals surface area contributed by atoms with Crippen LogP contribution in [0.1, 0.15) is 45.6 Å². The second-order valence-electron chi connectivity index (χ2n) is 6.29. The fourth-order valence-electron chi connectivity index (χ4n) is 2.56. The molecule has 1 aliphatic rings. The number of hydrogen-bond donors (Lipinski definition) is 1. The van der Waals surface area contributed by atoms with Crippen LogP contribution in [0.5, 0.6) is 5.75 Å². The Morgan fingerprint density at radius 3 is 2.86 bits per heavy atom. The first kappa shape index (κ1) is 16.8. The summed E-state index contributed by atoms with van der Waals surface area (Å²) in [4.78, 5) is 0. The Bertz CT molecular complexity index is 462. The number of benzene rings is 1. The first-order valence-electron chi connectivity index (χ1n) is 7.80.